The standard InChI is InChI=1S/C23H27F3N4O3/c1-2-6-19(22(33)27-17-7-5-8-18(13-17)29-11-3-4-12-29)28-20(31)15-30-14-16(23(24,25)26)9-10-21(30)32/h5,7-10,13-14,19H,2-4,6,11-12,15H2,1H3,(H,27,33)(H,28,31)/t19-/m1/s1. The monoisotopic (exact) mass is 464 g/mol. The highest BCUT2D eigenvalue weighted by Gasteiger charge is 2.31. The number of carbonyl (C=O) groups is 2. The van der Waals surface area contributed by atoms with Gasteiger partial charge >= 0.3 is 6.18 Å². The highest BCUT2D eigenvalue weighted by atomic mass is 19.4. The van der Waals surface area contributed by atoms with Crippen molar-refractivity contribution in [2.24, 2.45) is 0 Å². The number of amides is 2. The van der Waals surface area contributed by atoms with Crippen molar-refractivity contribution >= 4 is 23.2 Å². The molecule has 1 saturated heterocycles. The van der Waals surface area contributed by atoms with Gasteiger partial charge in [-0.1, -0.05) is 19.4 Å². The molecule has 0 aliphatic carbocycles. The summed E-state index contributed by atoms with van der Waals surface area (Å²) in [6.07, 6.45) is -0.871. The minimum atomic E-state index is -4.64. The Balaban J connectivity index is 1.66. The number of hydrogen-bond acceptors (Lipinski definition) is 4. The van der Waals surface area contributed by atoms with E-state index in [1.54, 1.807) is 6.07 Å². The molecular formula is C23H27F3N4O3. The summed E-state index contributed by atoms with van der Waals surface area (Å²) in [6, 6.07) is 7.98. The second-order valence-electron chi connectivity index (χ2n) is 8.02. The summed E-state index contributed by atoms with van der Waals surface area (Å²) in [5, 5.41) is 5.34. The van der Waals surface area contributed by atoms with Gasteiger partial charge in [0.05, 0.1) is 5.56 Å². The van der Waals surface area contributed by atoms with Crippen LogP contribution < -0.4 is 21.1 Å². The molecule has 7 nitrogen and oxygen atoms in total. The molecule has 2 N–H and O–H groups in total. The zero-order valence-corrected chi connectivity index (χ0v) is 18.3. The van der Waals surface area contributed by atoms with Gasteiger partial charge in [-0.2, -0.15) is 13.2 Å². The van der Waals surface area contributed by atoms with Gasteiger partial charge in [0, 0.05) is 36.7 Å². The van der Waals surface area contributed by atoms with E-state index in [9.17, 15) is 27.6 Å². The quantitative estimate of drug-likeness (QED) is 0.628. The summed E-state index contributed by atoms with van der Waals surface area (Å²) in [7, 11) is 0. The number of pyridine rings is 1. The topological polar surface area (TPSA) is 83.4 Å². The summed E-state index contributed by atoms with van der Waals surface area (Å²) in [5.74, 6) is -1.16. The smallest absolute Gasteiger partial charge is 0.371 e. The van der Waals surface area contributed by atoms with E-state index in [0.717, 1.165) is 37.7 Å². The minimum absolute atomic E-state index is 0.334. The third-order valence-corrected chi connectivity index (χ3v) is 5.44. The molecule has 1 aromatic heterocycles. The van der Waals surface area contributed by atoms with Crippen molar-refractivity contribution in [3.05, 3.63) is 58.5 Å². The molecule has 3 rings (SSSR count). The fraction of sp³-hybridized carbons (Fsp3) is 0.435. The maximum Gasteiger partial charge on any atom is 0.417 e. The van der Waals surface area contributed by atoms with Crippen molar-refractivity contribution in [2.45, 2.75) is 51.4 Å². The van der Waals surface area contributed by atoms with Gasteiger partial charge in [0.15, 0.2) is 0 Å². The van der Waals surface area contributed by atoms with E-state index >= 15 is 0 Å². The lowest BCUT2D eigenvalue weighted by atomic mass is 10.1. The Kier molecular flexibility index (Phi) is 7.78. The van der Waals surface area contributed by atoms with Crippen LogP contribution in [0.25, 0.3) is 0 Å². The zero-order chi connectivity index (χ0) is 24.0. The van der Waals surface area contributed by atoms with Crippen molar-refractivity contribution in [1.29, 1.82) is 0 Å². The van der Waals surface area contributed by atoms with Crippen molar-refractivity contribution in [3.8, 4) is 0 Å². The molecule has 2 aromatic rings. The second-order valence-corrected chi connectivity index (χ2v) is 8.02. The van der Waals surface area contributed by atoms with E-state index in [1.807, 2.05) is 25.1 Å². The Hall–Kier alpha value is -3.30. The van der Waals surface area contributed by atoms with Gasteiger partial charge in [0.25, 0.3) is 5.56 Å². The van der Waals surface area contributed by atoms with E-state index < -0.39 is 41.7 Å². The maximum atomic E-state index is 12.9. The summed E-state index contributed by atoms with van der Waals surface area (Å²) in [5.41, 5.74) is -0.178. The van der Waals surface area contributed by atoms with E-state index in [2.05, 4.69) is 15.5 Å². The number of rotatable bonds is 8. The Labute approximate surface area is 189 Å². The van der Waals surface area contributed by atoms with E-state index in [-0.39, 0.29) is 0 Å². The Morgan fingerprint density at radius 1 is 1.12 bits per heavy atom. The van der Waals surface area contributed by atoms with Crippen LogP contribution in [0.5, 0.6) is 0 Å². The highest BCUT2D eigenvalue weighted by molar-refractivity contribution is 5.97. The van der Waals surface area contributed by atoms with Gasteiger partial charge in [0.1, 0.15) is 12.6 Å². The average molecular weight is 464 g/mol. The predicted molar refractivity (Wildman–Crippen MR) is 119 cm³/mol. The van der Waals surface area contributed by atoms with Gasteiger partial charge in [0.2, 0.25) is 11.8 Å². The molecule has 33 heavy (non-hydrogen) atoms. The van der Waals surface area contributed by atoms with Crippen molar-refractivity contribution in [1.82, 2.24) is 9.88 Å². The molecule has 1 aliphatic heterocycles. The molecular weight excluding hydrogens is 437 g/mol. The molecule has 1 fully saturated rings. The molecule has 0 radical (unpaired) electrons. The molecule has 0 bridgehead atoms. The number of aromatic nitrogens is 1. The van der Waals surface area contributed by atoms with Gasteiger partial charge in [-0.25, -0.2) is 0 Å². The van der Waals surface area contributed by atoms with Gasteiger partial charge in [-0.15, -0.1) is 0 Å². The molecule has 2 amide bonds. The predicted octanol–water partition coefficient (Wildman–Crippen LogP) is 3.39. The number of hydrogen-bond donors (Lipinski definition) is 2. The lowest BCUT2D eigenvalue weighted by molar-refractivity contribution is -0.138. The molecule has 0 saturated carbocycles. The highest BCUT2D eigenvalue weighted by Crippen LogP contribution is 2.28. The number of halogens is 3. The van der Waals surface area contributed by atoms with Gasteiger partial charge in [-0.05, 0) is 43.5 Å². The molecule has 0 unspecified atom stereocenters. The molecule has 2 heterocycles. The average Bonchev–Trinajstić information content (AvgIpc) is 3.29. The Morgan fingerprint density at radius 2 is 1.85 bits per heavy atom. The van der Waals surface area contributed by atoms with Crippen LogP contribution >= 0.6 is 0 Å². The SMILES string of the molecule is CCC[C@@H](NC(=O)Cn1cc(C(F)(F)F)ccc1=O)C(=O)Nc1cccc(N2CCCC2)c1. The van der Waals surface area contributed by atoms with E-state index in [4.69, 9.17) is 0 Å². The zero-order valence-electron chi connectivity index (χ0n) is 18.3. The van der Waals surface area contributed by atoms with E-state index in [1.165, 1.54) is 0 Å². The molecule has 1 aromatic carbocycles. The van der Waals surface area contributed by atoms with Crippen LogP contribution in [0.3, 0.4) is 0 Å². The Morgan fingerprint density at radius 3 is 2.52 bits per heavy atom. The number of carbonyl (C=O) groups excluding carboxylic acids is 2. The summed E-state index contributed by atoms with van der Waals surface area (Å²) >= 11 is 0. The fourth-order valence-electron chi connectivity index (χ4n) is 3.76. The largest absolute Gasteiger partial charge is 0.417 e. The van der Waals surface area contributed by atoms with Crippen LogP contribution in [0.15, 0.2) is 47.4 Å². The first-order chi connectivity index (χ1) is 15.7. The molecule has 0 spiro atoms. The van der Waals surface area contributed by atoms with Crippen LogP contribution in [0.1, 0.15) is 38.2 Å². The first-order valence-electron chi connectivity index (χ1n) is 10.9. The molecule has 178 valence electrons. The van der Waals surface area contributed by atoms with Crippen LogP contribution in [-0.2, 0) is 22.3 Å². The third-order valence-electron chi connectivity index (χ3n) is 5.44. The second kappa shape index (κ2) is 10.5. The summed E-state index contributed by atoms with van der Waals surface area (Å²) in [4.78, 5) is 39.4. The molecule has 1 aliphatic rings. The Bertz CT molecular complexity index is 1050. The number of nitrogens with one attached hydrogen (secondary N) is 2. The first-order valence-corrected chi connectivity index (χ1v) is 10.9. The normalized spacial score (nSPS) is 14.7. The summed E-state index contributed by atoms with van der Waals surface area (Å²) in [6.45, 7) is 3.14. The number of anilines is 2. The minimum Gasteiger partial charge on any atom is -0.371 e. The number of nitrogens with zero attached hydrogens (tertiary/aromatic N) is 2. The molecule has 10 heteroatoms. The first kappa shape index (κ1) is 24.3. The van der Waals surface area contributed by atoms with Crippen LogP contribution in [-0.4, -0.2) is 35.5 Å². The van der Waals surface area contributed by atoms with Crippen LogP contribution in [0, 0.1) is 0 Å². The van der Waals surface area contributed by atoms with Gasteiger partial charge in [-0.3, -0.25) is 14.4 Å². The van der Waals surface area contributed by atoms with Crippen molar-refractivity contribution in [3.63, 3.8) is 0 Å². The van der Waals surface area contributed by atoms with Crippen LogP contribution in [0.4, 0.5) is 24.5 Å². The van der Waals surface area contributed by atoms with Crippen molar-refractivity contribution < 1.29 is 22.8 Å². The lowest BCUT2D eigenvalue weighted by Gasteiger charge is -2.21. The van der Waals surface area contributed by atoms with Crippen molar-refractivity contribution in [2.75, 3.05) is 23.3 Å². The van der Waals surface area contributed by atoms with Crippen LogP contribution in [0.2, 0.25) is 0 Å². The number of benzene rings is 1. The number of alkyl halides is 3. The third kappa shape index (κ3) is 6.59. The van der Waals surface area contributed by atoms with Gasteiger partial charge < -0.3 is 20.1 Å². The molecule has 1 atom stereocenters. The summed E-state index contributed by atoms with van der Waals surface area (Å²) < 4.78 is 39.4. The fourth-order valence-corrected chi connectivity index (χ4v) is 3.76. The maximum absolute atomic E-state index is 12.9. The van der Waals surface area contributed by atoms with E-state index in [0.29, 0.717) is 35.4 Å². The lowest BCUT2D eigenvalue weighted by Crippen LogP contribution is -2.45.